The Morgan fingerprint density at radius 2 is 0.739 bits per heavy atom. The van der Waals surface area contributed by atoms with Gasteiger partial charge in [-0.3, -0.25) is 4.79 Å². The third-order valence-electron chi connectivity index (χ3n) is 13.5. The highest BCUT2D eigenvalue weighted by atomic mass is 35.5. The number of halogens is 2. The third kappa shape index (κ3) is 42.7. The van der Waals surface area contributed by atoms with Crippen LogP contribution >= 0.6 is 553 Å². The van der Waals surface area contributed by atoms with Crippen LogP contribution in [0.1, 0.15) is 55.5 Å². The first-order chi connectivity index (χ1) is 53.0. The van der Waals surface area contributed by atoms with E-state index >= 15 is 0 Å². The quantitative estimate of drug-likeness (QED) is 0.0434. The van der Waals surface area contributed by atoms with E-state index in [4.69, 9.17) is 76.2 Å². The normalized spacial score (nSPS) is 17.4. The molecule has 1 aliphatic heterocycles. The van der Waals surface area contributed by atoms with Crippen molar-refractivity contribution in [3.05, 3.63) is 111 Å². The van der Waals surface area contributed by atoms with Crippen LogP contribution in [0.15, 0.2) is 89.3 Å². The number of nitrogens with zero attached hydrogens (tertiary/aromatic N) is 1. The summed E-state index contributed by atoms with van der Waals surface area (Å²) in [4.78, 5) is 25.9. The van der Waals surface area contributed by atoms with Crippen molar-refractivity contribution in [3.8, 4) is 0 Å². The molecule has 0 bridgehead atoms. The van der Waals surface area contributed by atoms with Crippen LogP contribution < -0.4 is 5.32 Å². The second kappa shape index (κ2) is 69.1. The van der Waals surface area contributed by atoms with Gasteiger partial charge >= 0.3 is 5.97 Å². The number of carboxylic acids is 1. The first-order valence-electron chi connectivity index (χ1n) is 30.0. The zero-order valence-electron chi connectivity index (χ0n) is 61.0. The molecular formula is C31H94B7Cl2N2O5P67S. The molecule has 115 heavy (non-hydrogen) atoms. The van der Waals surface area contributed by atoms with Crippen LogP contribution in [-0.4, -0.2) is 88.7 Å². The highest BCUT2D eigenvalue weighted by Crippen LogP contribution is 3.50. The van der Waals surface area contributed by atoms with E-state index in [9.17, 15) is 23.1 Å². The zero-order chi connectivity index (χ0) is 88.7. The van der Waals surface area contributed by atoms with Crippen molar-refractivity contribution >= 4 is 628 Å². The van der Waals surface area contributed by atoms with E-state index in [2.05, 4.69) is 282 Å². The number of sulfonamides is 1. The minimum Gasteiger partial charge on any atom is -0.480 e. The fourth-order valence-corrected chi connectivity index (χ4v) is 999. The number of aryl methyl sites for hydroxylation is 1. The Kier molecular flexibility index (Phi) is 81.2. The monoisotopic (exact) mass is 2830 g/mol. The van der Waals surface area contributed by atoms with Crippen LogP contribution in [0, 0.1) is 12.8 Å². The topological polar surface area (TPSA) is 104 Å². The predicted molar refractivity (Wildman–Crippen MR) is 751 cm³/mol. The van der Waals surface area contributed by atoms with E-state index in [0.29, 0.717) is 26.7 Å². The van der Waals surface area contributed by atoms with Crippen molar-refractivity contribution in [1.82, 2.24) is 9.62 Å². The summed E-state index contributed by atoms with van der Waals surface area (Å²) in [5.74, 6) is -1.80. The number of carbonyl (C=O) groups is 2. The molecule has 2 N–H and O–H groups in total. The third-order valence-corrected chi connectivity index (χ3v) is 496. The molecule has 4 rings (SSSR count). The van der Waals surface area contributed by atoms with Gasteiger partial charge in [-0.1, -0.05) is 92.6 Å². The molecular weight excluding hydrogens is 2730 g/mol. The van der Waals surface area contributed by atoms with E-state index < -0.39 is 293 Å². The lowest BCUT2D eigenvalue weighted by molar-refractivity contribution is -0.141. The number of carboxylic acid groups (broad SMARTS) is 1. The van der Waals surface area contributed by atoms with Crippen LogP contribution in [0.4, 0.5) is 0 Å². The summed E-state index contributed by atoms with van der Waals surface area (Å²) < 4.78 is 30.5. The Labute approximate surface area is 822 Å². The van der Waals surface area contributed by atoms with Crippen LogP contribution in [0.3, 0.4) is 0 Å². The molecule has 0 fully saturated rings. The number of hydrogen-bond acceptors (Lipinski definition) is 4. The molecule has 0 aliphatic carbocycles. The second-order valence-electron chi connectivity index (χ2n) is 22.3. The lowest BCUT2D eigenvalue weighted by atomic mass is 9.88. The standard InChI is InChI=1S/C31H32Cl2N2O5S.B7H62P67/c1-19(2)17-26(31(37)38)34-30(36)25-15-16-27(21-11-13-23(32)14-12-21)35(29(25)22-8-6-9-24(33)18-22)41(39,40)28-10-5-4-7-20(28)3;1-39(2)58(40(3)4)67(57(37)38)72(68(59(41(5)6)42(7)8)60(43(9)10)44(11)12)74(71(65(53(29)30)54(31)32)66(55(33)34)56(35)36)73(69(61(45(13)14)46(15)16)62(47(17)18)48(19)20)70(63(49(21)22)50(23)24)64(51(25)26)52(27)28/h4-15,18-19,26-27,29H,16-17H2,1-3H3,(H,34,36)(H,37,38);8-38H2/t26-,27-,29-;/m0./s1. The summed E-state index contributed by atoms with van der Waals surface area (Å²) in [6, 6.07) is 17.4. The number of rotatable bonds is 44. The van der Waals surface area contributed by atoms with E-state index in [-0.39, 0.29) is 29.2 Å². The van der Waals surface area contributed by atoms with Gasteiger partial charge in [-0.05, 0) is 289 Å². The number of aliphatic carboxylic acids is 1. The summed E-state index contributed by atoms with van der Waals surface area (Å²) in [6.07, 6.45) is 2.08. The Balaban J connectivity index is 0.000000695. The summed E-state index contributed by atoms with van der Waals surface area (Å²) >= 11 is 12.5. The van der Waals surface area contributed by atoms with E-state index in [1.807, 2.05) is 13.8 Å². The molecule has 0 aromatic heterocycles. The number of benzene rings is 3. The Hall–Kier alpha value is 26.1. The maximum absolute atomic E-state index is 14.6. The van der Waals surface area contributed by atoms with E-state index in [1.165, 1.54) is 4.31 Å². The number of amides is 1. The van der Waals surface area contributed by atoms with Gasteiger partial charge < -0.3 is 10.4 Å². The first-order valence-corrected chi connectivity index (χ1v) is 156. The summed E-state index contributed by atoms with van der Waals surface area (Å²) in [7, 11) is 153. The molecule has 3 aromatic rings. The van der Waals surface area contributed by atoms with Gasteiger partial charge in [0.1, 0.15) is 59.0 Å². The number of carbonyl (C=O) groups excluding carboxylic acids is 1. The molecule has 40 atom stereocenters. The highest BCUT2D eigenvalue weighted by Gasteiger charge is 2.64. The predicted octanol–water partition coefficient (Wildman–Crippen LogP) is 45.2. The molecule has 7 nitrogen and oxygen atoms in total. The number of hydrogen-bond donors (Lipinski definition) is 2. The minimum atomic E-state index is -4.22. The summed E-state index contributed by atoms with van der Waals surface area (Å²) in [5, 5.41) is 13.3. The Bertz CT molecular complexity index is 3390. The molecule has 3 aromatic carbocycles. The maximum atomic E-state index is 14.6. The van der Waals surface area contributed by atoms with Gasteiger partial charge in [0, 0.05) is 15.6 Å². The largest absolute Gasteiger partial charge is 0.480 e. The van der Waals surface area contributed by atoms with Crippen molar-refractivity contribution in [1.29, 1.82) is 0 Å². The van der Waals surface area contributed by atoms with Crippen LogP contribution in [0.2, 0.25) is 10.0 Å². The molecule has 1 heterocycles. The molecule has 37 unspecified atom stereocenters. The SMILES string of the molecule is Cc1ccccc1S(=O)(=O)N1[C@@H](c2cccc(Cl)c2)C(C(=O)N[C@@H](CC(C)C)C(=O)O)=CC[C@H]1c1ccc(Cl)cc1.[B]P([B])P(P([B])[B])P(P(P)P)P(P(P(P([B])[B])P([B])P)P(P(P)P)P(P)P)P(P(P(P(P)P)P(P)P)P(P(P)P)P(P)P)P(P(P(P(P)P)P(P)P)P(P(P)P)P(P)P)P(P(P(P)P)P(P)P)P(P(P)P)P(P)P. The van der Waals surface area contributed by atoms with Crippen LogP contribution in [0.5, 0.6) is 0 Å². The smallest absolute Gasteiger partial charge is 0.326 e. The van der Waals surface area contributed by atoms with E-state index in [1.54, 1.807) is 85.8 Å². The molecule has 0 saturated carbocycles. The highest BCUT2D eigenvalue weighted by molar-refractivity contribution is 9.56. The van der Waals surface area contributed by atoms with Gasteiger partial charge in [0.05, 0.1) is 17.0 Å². The summed E-state index contributed by atoms with van der Waals surface area (Å²) in [5.41, 5.74) is 1.85. The van der Waals surface area contributed by atoms with E-state index in [0.717, 1.165) is 0 Å². The van der Waals surface area contributed by atoms with Crippen molar-refractivity contribution in [2.45, 2.75) is 56.6 Å². The average Bonchev–Trinajstić information content (AvgIpc) is 0.730. The van der Waals surface area contributed by atoms with Gasteiger partial charge in [-0.25, -0.2) is 13.2 Å². The first kappa shape index (κ1) is 135. The van der Waals surface area contributed by atoms with Crippen molar-refractivity contribution in [2.24, 2.45) is 5.92 Å². The molecule has 0 saturated heterocycles. The van der Waals surface area contributed by atoms with Gasteiger partial charge in [0.25, 0.3) is 0 Å². The van der Waals surface area contributed by atoms with Gasteiger partial charge in [-0.15, -0.1) is 284 Å². The fourth-order valence-electron chi connectivity index (χ4n) is 9.65. The molecule has 14 radical (unpaired) electrons. The lowest BCUT2D eigenvalue weighted by Gasteiger charge is -2.62. The number of nitrogens with one attached hydrogen (secondary N) is 1. The second-order valence-corrected chi connectivity index (χ2v) is 303. The molecule has 84 heteroatoms. The maximum Gasteiger partial charge on any atom is 0.326 e. The van der Waals surface area contributed by atoms with Gasteiger partial charge in [0.2, 0.25) is 15.9 Å². The Morgan fingerprint density at radius 3 is 1.03 bits per heavy atom. The average molecular weight is 2830 g/mol. The molecule has 1 amide bonds. The van der Waals surface area contributed by atoms with Gasteiger partial charge in [0.15, 0.2) is 0 Å². The van der Waals surface area contributed by atoms with Crippen molar-refractivity contribution < 1.29 is 23.1 Å². The van der Waals surface area contributed by atoms with Crippen LogP contribution in [0.25, 0.3) is 0 Å². The summed E-state index contributed by atoms with van der Waals surface area (Å²) in [6.45, 7) is -12.5. The van der Waals surface area contributed by atoms with Crippen molar-refractivity contribution in [2.75, 3.05) is 0 Å². The fraction of sp³-hybridized carbons (Fsp3) is 0.290. The van der Waals surface area contributed by atoms with Crippen LogP contribution in [-0.2, 0) is 19.6 Å². The Morgan fingerprint density at radius 1 is 0.426 bits per heavy atom. The lowest BCUT2D eigenvalue weighted by Crippen LogP contribution is -2.47. The molecule has 634 valence electrons. The minimum absolute atomic E-state index is 0.00711. The van der Waals surface area contributed by atoms with Crippen molar-refractivity contribution in [3.63, 3.8) is 0 Å². The zero-order valence-corrected chi connectivity index (χ0v) is 131. The van der Waals surface area contributed by atoms with Gasteiger partial charge in [-0.2, -0.15) is 26.4 Å². The molecule has 1 aliphatic rings. The molecule has 0 spiro atoms.